The van der Waals surface area contributed by atoms with Gasteiger partial charge in [0.2, 0.25) is 0 Å². The highest BCUT2D eigenvalue weighted by Gasteiger charge is 2.13. The lowest BCUT2D eigenvalue weighted by Crippen LogP contribution is -2.20. The summed E-state index contributed by atoms with van der Waals surface area (Å²) in [4.78, 5) is 12.3. The van der Waals surface area contributed by atoms with Crippen molar-refractivity contribution < 1.29 is 9.90 Å². The molecule has 0 unspecified atom stereocenters. The maximum atomic E-state index is 12.3. The average Bonchev–Trinajstić information content (AvgIpc) is 3.07. The van der Waals surface area contributed by atoms with Crippen LogP contribution in [0, 0.1) is 6.92 Å². The molecule has 7 heteroatoms. The summed E-state index contributed by atoms with van der Waals surface area (Å²) in [6, 6.07) is 11.9. The molecule has 0 aliphatic rings. The molecule has 1 aromatic heterocycles. The molecule has 3 aromatic rings. The van der Waals surface area contributed by atoms with Crippen LogP contribution in [0.5, 0.6) is 5.75 Å². The maximum Gasteiger partial charge on any atom is 0.323 e. The van der Waals surface area contributed by atoms with Crippen molar-refractivity contribution in [3.8, 4) is 17.1 Å². The number of hydrogen-bond acceptors (Lipinski definition) is 4. The highest BCUT2D eigenvalue weighted by atomic mass is 16.3. The van der Waals surface area contributed by atoms with Crippen LogP contribution in [-0.2, 0) is 6.54 Å². The lowest BCUT2D eigenvalue weighted by molar-refractivity contribution is 0.262. The zero-order valence-corrected chi connectivity index (χ0v) is 14.0. The summed E-state index contributed by atoms with van der Waals surface area (Å²) in [7, 11) is 0. The number of carbonyl (C=O) groups is 1. The Hall–Kier alpha value is -3.35. The highest BCUT2D eigenvalue weighted by Crippen LogP contribution is 2.26. The summed E-state index contributed by atoms with van der Waals surface area (Å²) < 4.78 is 1.90. The first kappa shape index (κ1) is 16.5. The second-order valence-corrected chi connectivity index (χ2v) is 5.57. The van der Waals surface area contributed by atoms with Crippen molar-refractivity contribution in [2.75, 3.05) is 10.6 Å². The van der Waals surface area contributed by atoms with Gasteiger partial charge < -0.3 is 20.3 Å². The molecule has 0 spiro atoms. The fourth-order valence-electron chi connectivity index (χ4n) is 2.50. The minimum Gasteiger partial charge on any atom is -0.508 e. The van der Waals surface area contributed by atoms with E-state index < -0.39 is 0 Å². The van der Waals surface area contributed by atoms with Gasteiger partial charge in [0.15, 0.2) is 5.82 Å². The van der Waals surface area contributed by atoms with E-state index in [0.29, 0.717) is 22.8 Å². The Morgan fingerprint density at radius 3 is 2.76 bits per heavy atom. The second kappa shape index (κ2) is 7.04. The van der Waals surface area contributed by atoms with Gasteiger partial charge in [-0.25, -0.2) is 4.79 Å². The predicted octanol–water partition coefficient (Wildman–Crippen LogP) is 3.62. The minimum absolute atomic E-state index is 0.190. The number of phenolic OH excluding ortho intramolecular Hbond substituents is 1. The van der Waals surface area contributed by atoms with Crippen LogP contribution in [0.25, 0.3) is 11.4 Å². The molecule has 25 heavy (non-hydrogen) atoms. The molecular weight excluding hydrogens is 318 g/mol. The van der Waals surface area contributed by atoms with Crippen molar-refractivity contribution in [2.45, 2.75) is 20.4 Å². The van der Waals surface area contributed by atoms with Crippen LogP contribution in [0.4, 0.5) is 16.2 Å². The Morgan fingerprint density at radius 2 is 2.00 bits per heavy atom. The lowest BCUT2D eigenvalue weighted by Gasteiger charge is -2.12. The zero-order valence-electron chi connectivity index (χ0n) is 14.0. The first-order chi connectivity index (χ1) is 12.1. The van der Waals surface area contributed by atoms with Gasteiger partial charge in [-0.3, -0.25) is 0 Å². The number of phenols is 1. The molecule has 0 saturated carbocycles. The van der Waals surface area contributed by atoms with E-state index in [2.05, 4.69) is 20.8 Å². The number of carbonyl (C=O) groups excluding carboxylic acids is 1. The van der Waals surface area contributed by atoms with Crippen molar-refractivity contribution in [3.05, 3.63) is 54.4 Å². The van der Waals surface area contributed by atoms with Crippen LogP contribution in [0.2, 0.25) is 0 Å². The second-order valence-electron chi connectivity index (χ2n) is 5.57. The van der Waals surface area contributed by atoms with Gasteiger partial charge in [-0.15, -0.1) is 10.2 Å². The number of anilines is 2. The molecule has 0 radical (unpaired) electrons. The van der Waals surface area contributed by atoms with Crippen molar-refractivity contribution in [1.29, 1.82) is 0 Å². The van der Waals surface area contributed by atoms with Crippen LogP contribution in [0.3, 0.4) is 0 Å². The predicted molar refractivity (Wildman–Crippen MR) is 96.6 cm³/mol. The molecule has 0 aliphatic carbocycles. The fourth-order valence-corrected chi connectivity index (χ4v) is 2.50. The zero-order chi connectivity index (χ0) is 17.8. The van der Waals surface area contributed by atoms with E-state index in [1.165, 1.54) is 0 Å². The normalized spacial score (nSPS) is 10.5. The molecule has 3 N–H and O–H groups in total. The van der Waals surface area contributed by atoms with Gasteiger partial charge >= 0.3 is 6.03 Å². The molecule has 0 saturated heterocycles. The van der Waals surface area contributed by atoms with Crippen molar-refractivity contribution >= 4 is 17.4 Å². The summed E-state index contributed by atoms with van der Waals surface area (Å²) in [6.45, 7) is 4.50. The quantitative estimate of drug-likeness (QED) is 0.634. The fraction of sp³-hybridized carbons (Fsp3) is 0.167. The van der Waals surface area contributed by atoms with E-state index in [1.807, 2.05) is 35.8 Å². The number of hydrogen-bond donors (Lipinski definition) is 3. The topological polar surface area (TPSA) is 92.1 Å². The number of benzene rings is 2. The summed E-state index contributed by atoms with van der Waals surface area (Å²) in [5.74, 6) is 0.883. The van der Waals surface area contributed by atoms with Gasteiger partial charge in [0.05, 0.1) is 5.69 Å². The lowest BCUT2D eigenvalue weighted by atomic mass is 10.1. The number of nitrogens with one attached hydrogen (secondary N) is 2. The van der Waals surface area contributed by atoms with E-state index in [4.69, 9.17) is 0 Å². The molecule has 0 bridgehead atoms. The standard InChI is InChI=1S/C18H19N5O2/c1-3-23-11-19-22-17(23)14-6-4-5-7-15(14)21-18(25)20-13-8-9-16(24)12(2)10-13/h4-11,24H,3H2,1-2H3,(H2,20,21,25). The van der Waals surface area contributed by atoms with Crippen molar-refractivity contribution in [3.63, 3.8) is 0 Å². The van der Waals surface area contributed by atoms with Gasteiger partial charge in [0, 0.05) is 17.8 Å². The van der Waals surface area contributed by atoms with E-state index in [-0.39, 0.29) is 11.8 Å². The smallest absolute Gasteiger partial charge is 0.323 e. The largest absolute Gasteiger partial charge is 0.508 e. The van der Waals surface area contributed by atoms with Gasteiger partial charge in [0.25, 0.3) is 0 Å². The molecule has 2 amide bonds. The number of amides is 2. The molecule has 0 aliphatic heterocycles. The Balaban J connectivity index is 1.81. The van der Waals surface area contributed by atoms with Crippen LogP contribution in [-0.4, -0.2) is 25.9 Å². The number of urea groups is 1. The number of rotatable bonds is 4. The summed E-state index contributed by atoms with van der Waals surface area (Å²) in [5.41, 5.74) is 2.72. The number of aryl methyl sites for hydroxylation is 2. The van der Waals surface area contributed by atoms with E-state index in [0.717, 1.165) is 12.1 Å². The third kappa shape index (κ3) is 3.60. The first-order valence-electron chi connectivity index (χ1n) is 7.93. The van der Waals surface area contributed by atoms with Crippen LogP contribution < -0.4 is 10.6 Å². The molecule has 1 heterocycles. The van der Waals surface area contributed by atoms with Gasteiger partial charge in [-0.1, -0.05) is 12.1 Å². The summed E-state index contributed by atoms with van der Waals surface area (Å²) in [5, 5.41) is 23.2. The SMILES string of the molecule is CCn1cnnc1-c1ccccc1NC(=O)Nc1ccc(O)c(C)c1. The molecule has 128 valence electrons. The molecule has 2 aromatic carbocycles. The molecule has 3 rings (SSSR count). The number of aromatic hydroxyl groups is 1. The Labute approximate surface area is 145 Å². The Bertz CT molecular complexity index is 904. The summed E-state index contributed by atoms with van der Waals surface area (Å²) in [6.07, 6.45) is 1.66. The third-order valence-electron chi connectivity index (χ3n) is 3.83. The molecule has 7 nitrogen and oxygen atoms in total. The number of aromatic nitrogens is 3. The molecule has 0 fully saturated rings. The van der Waals surface area contributed by atoms with Crippen molar-refractivity contribution in [2.24, 2.45) is 0 Å². The average molecular weight is 337 g/mol. The monoisotopic (exact) mass is 337 g/mol. The Kier molecular flexibility index (Phi) is 4.65. The number of nitrogens with zero attached hydrogens (tertiary/aromatic N) is 3. The van der Waals surface area contributed by atoms with Gasteiger partial charge in [-0.2, -0.15) is 0 Å². The van der Waals surface area contributed by atoms with Crippen LogP contribution in [0.1, 0.15) is 12.5 Å². The van der Waals surface area contributed by atoms with Gasteiger partial charge in [0.1, 0.15) is 12.1 Å². The van der Waals surface area contributed by atoms with E-state index >= 15 is 0 Å². The van der Waals surface area contributed by atoms with Gasteiger partial charge in [-0.05, 0) is 49.7 Å². The Morgan fingerprint density at radius 1 is 1.20 bits per heavy atom. The molecule has 0 atom stereocenters. The van der Waals surface area contributed by atoms with Crippen LogP contribution >= 0.6 is 0 Å². The highest BCUT2D eigenvalue weighted by molar-refractivity contribution is 6.02. The van der Waals surface area contributed by atoms with Crippen molar-refractivity contribution in [1.82, 2.24) is 14.8 Å². The number of para-hydroxylation sites is 1. The molecular formula is C18H19N5O2. The van der Waals surface area contributed by atoms with Crippen LogP contribution in [0.15, 0.2) is 48.8 Å². The first-order valence-corrected chi connectivity index (χ1v) is 7.93. The third-order valence-corrected chi connectivity index (χ3v) is 3.83. The van der Waals surface area contributed by atoms with E-state index in [1.54, 1.807) is 31.5 Å². The minimum atomic E-state index is -0.375. The van der Waals surface area contributed by atoms with E-state index in [9.17, 15) is 9.90 Å². The summed E-state index contributed by atoms with van der Waals surface area (Å²) >= 11 is 0. The maximum absolute atomic E-state index is 12.3.